The number of carbonyl (C=O) groups excluding carboxylic acids is 2. The zero-order valence-corrected chi connectivity index (χ0v) is 7.14. The summed E-state index contributed by atoms with van der Waals surface area (Å²) < 4.78 is 4.49. The van der Waals surface area contributed by atoms with Gasteiger partial charge in [-0.1, -0.05) is 0 Å². The molecule has 1 amide bonds. The van der Waals surface area contributed by atoms with E-state index in [1.54, 1.807) is 0 Å². The van der Waals surface area contributed by atoms with Crippen molar-refractivity contribution in [3.05, 3.63) is 10.4 Å². The molecule has 0 aromatic carbocycles. The number of nitrogens with zero attached hydrogens (tertiary/aromatic N) is 3. The molecule has 70 valence electrons. The molecule has 0 heterocycles. The summed E-state index contributed by atoms with van der Waals surface area (Å²) in [4.78, 5) is 24.4. The van der Waals surface area contributed by atoms with E-state index >= 15 is 0 Å². The maximum absolute atomic E-state index is 11.0. The summed E-state index contributed by atoms with van der Waals surface area (Å²) in [6.07, 6.45) is 1.22. The Labute approximate surface area is 74.5 Å². The van der Waals surface area contributed by atoms with Gasteiger partial charge in [-0.05, 0) is 23.5 Å². The van der Waals surface area contributed by atoms with Crippen molar-refractivity contribution in [3.8, 4) is 0 Å². The second-order valence-corrected chi connectivity index (χ2v) is 2.84. The van der Waals surface area contributed by atoms with Gasteiger partial charge in [0.25, 0.3) is 0 Å². The van der Waals surface area contributed by atoms with E-state index in [-0.39, 0.29) is 0 Å². The Kier molecular flexibility index (Phi) is 2.87. The first-order valence-electron chi connectivity index (χ1n) is 3.87. The molecule has 1 fully saturated rings. The number of carbonyl (C=O) groups is 2. The van der Waals surface area contributed by atoms with E-state index < -0.39 is 23.7 Å². The van der Waals surface area contributed by atoms with Crippen LogP contribution >= 0.6 is 0 Å². The maximum atomic E-state index is 11.0. The minimum Gasteiger partial charge on any atom is -0.469 e. The predicted molar refractivity (Wildman–Crippen MR) is 42.4 cm³/mol. The van der Waals surface area contributed by atoms with Gasteiger partial charge in [0.1, 0.15) is 0 Å². The van der Waals surface area contributed by atoms with Gasteiger partial charge in [-0.15, -0.1) is 0 Å². The van der Waals surface area contributed by atoms with E-state index in [1.807, 2.05) is 0 Å². The minimum atomic E-state index is -0.566. The topological polar surface area (TPSA) is 92.1 Å². The van der Waals surface area contributed by atoms with Gasteiger partial charge < -0.3 is 4.74 Å². The molecule has 6 nitrogen and oxygen atoms in total. The molecule has 0 saturated heterocycles. The first-order valence-corrected chi connectivity index (χ1v) is 3.87. The van der Waals surface area contributed by atoms with Crippen LogP contribution in [-0.2, 0) is 14.3 Å². The van der Waals surface area contributed by atoms with E-state index in [2.05, 4.69) is 14.8 Å². The smallest absolute Gasteiger partial charge is 0.309 e. The van der Waals surface area contributed by atoms with Crippen LogP contribution in [0.5, 0.6) is 0 Å². The molecule has 1 aliphatic rings. The van der Waals surface area contributed by atoms with Crippen LogP contribution < -0.4 is 0 Å². The van der Waals surface area contributed by atoms with Gasteiger partial charge in [0, 0.05) is 10.8 Å². The molecule has 0 aromatic heterocycles. The van der Waals surface area contributed by atoms with Gasteiger partial charge in [0.2, 0.25) is 5.91 Å². The lowest BCUT2D eigenvalue weighted by Gasteiger charge is -2.31. The number of hydrogen-bond donors (Lipinski definition) is 0. The molecule has 1 aliphatic carbocycles. The van der Waals surface area contributed by atoms with Crippen molar-refractivity contribution in [2.75, 3.05) is 7.11 Å². The summed E-state index contributed by atoms with van der Waals surface area (Å²) in [7, 11) is 1.27. The summed E-state index contributed by atoms with van der Waals surface area (Å²) in [5, 5.41) is 2.95. The average Bonchev–Trinajstić information content (AvgIpc) is 2.02. The Hall–Kier alpha value is -1.55. The summed E-state index contributed by atoms with van der Waals surface area (Å²) in [6, 6.07) is 0. The zero-order chi connectivity index (χ0) is 9.84. The normalized spacial score (nSPS) is 25.3. The Morgan fingerprint density at radius 2 is 2.08 bits per heavy atom. The molecule has 1 rings (SSSR count). The largest absolute Gasteiger partial charge is 0.469 e. The van der Waals surface area contributed by atoms with E-state index in [0.29, 0.717) is 12.8 Å². The molecule has 2 atom stereocenters. The van der Waals surface area contributed by atoms with Crippen LogP contribution in [0.2, 0.25) is 0 Å². The van der Waals surface area contributed by atoms with Crippen LogP contribution in [0.25, 0.3) is 10.4 Å². The molecule has 0 unspecified atom stereocenters. The van der Waals surface area contributed by atoms with Crippen molar-refractivity contribution in [2.24, 2.45) is 17.0 Å². The highest BCUT2D eigenvalue weighted by Crippen LogP contribution is 2.36. The standard InChI is InChI=1S/C7H9N3O3/c1-13-7(12)5-3-2-4(5)6(11)9-10-8/h4-5H,2-3H2,1H3/t4-,5+/m0/s1. The van der Waals surface area contributed by atoms with Crippen LogP contribution in [0.4, 0.5) is 0 Å². The Bertz CT molecular complexity index is 283. The van der Waals surface area contributed by atoms with Crippen LogP contribution in [0, 0.1) is 11.8 Å². The molecule has 0 spiro atoms. The van der Waals surface area contributed by atoms with Crippen molar-refractivity contribution >= 4 is 11.9 Å². The first kappa shape index (κ1) is 9.54. The molecule has 0 N–H and O–H groups in total. The number of amides is 1. The Balaban J connectivity index is 2.59. The van der Waals surface area contributed by atoms with Gasteiger partial charge in [0.15, 0.2) is 0 Å². The molecule has 0 bridgehead atoms. The lowest BCUT2D eigenvalue weighted by atomic mass is 9.73. The quantitative estimate of drug-likeness (QED) is 0.277. The SMILES string of the molecule is COC(=O)[C@@H]1CC[C@@H]1C(=O)N=[N+]=[N-]. The number of ether oxygens (including phenoxy) is 1. The minimum absolute atomic E-state index is 0.405. The second kappa shape index (κ2) is 3.91. The fraction of sp³-hybridized carbons (Fsp3) is 0.714. The third kappa shape index (κ3) is 1.78. The van der Waals surface area contributed by atoms with E-state index in [0.717, 1.165) is 0 Å². The Morgan fingerprint density at radius 3 is 2.46 bits per heavy atom. The molecule has 6 heteroatoms. The Morgan fingerprint density at radius 1 is 1.46 bits per heavy atom. The summed E-state index contributed by atoms with van der Waals surface area (Å²) in [5.41, 5.74) is 8.01. The molecule has 0 radical (unpaired) electrons. The first-order chi connectivity index (χ1) is 6.20. The zero-order valence-electron chi connectivity index (χ0n) is 7.14. The van der Waals surface area contributed by atoms with Crippen LogP contribution in [0.3, 0.4) is 0 Å². The van der Waals surface area contributed by atoms with Crippen LogP contribution in [0.1, 0.15) is 12.8 Å². The highest BCUT2D eigenvalue weighted by Gasteiger charge is 2.41. The third-order valence-corrected chi connectivity index (χ3v) is 2.24. The third-order valence-electron chi connectivity index (χ3n) is 2.24. The van der Waals surface area contributed by atoms with Crippen molar-refractivity contribution in [3.63, 3.8) is 0 Å². The molecule has 0 aliphatic heterocycles. The molecular formula is C7H9N3O3. The number of azide groups is 1. The maximum Gasteiger partial charge on any atom is 0.309 e. The van der Waals surface area contributed by atoms with Gasteiger partial charge in [-0.2, -0.15) is 0 Å². The van der Waals surface area contributed by atoms with Crippen molar-refractivity contribution < 1.29 is 14.3 Å². The van der Waals surface area contributed by atoms with Crippen molar-refractivity contribution in [2.45, 2.75) is 12.8 Å². The molecule has 1 saturated carbocycles. The predicted octanol–water partition coefficient (Wildman–Crippen LogP) is 1.02. The number of hydrogen-bond acceptors (Lipinski definition) is 3. The lowest BCUT2D eigenvalue weighted by molar-refractivity contribution is -0.155. The molecule has 13 heavy (non-hydrogen) atoms. The molecule has 0 aromatic rings. The van der Waals surface area contributed by atoms with E-state index in [9.17, 15) is 9.59 Å². The van der Waals surface area contributed by atoms with E-state index in [4.69, 9.17) is 5.53 Å². The molecular weight excluding hydrogens is 174 g/mol. The van der Waals surface area contributed by atoms with Gasteiger partial charge in [-0.25, -0.2) is 0 Å². The van der Waals surface area contributed by atoms with Crippen LogP contribution in [-0.4, -0.2) is 19.0 Å². The average molecular weight is 183 g/mol. The van der Waals surface area contributed by atoms with Crippen molar-refractivity contribution in [1.82, 2.24) is 0 Å². The van der Waals surface area contributed by atoms with Gasteiger partial charge >= 0.3 is 5.97 Å². The summed E-state index contributed by atoms with van der Waals surface area (Å²) >= 11 is 0. The fourth-order valence-electron chi connectivity index (χ4n) is 1.35. The monoisotopic (exact) mass is 183 g/mol. The van der Waals surface area contributed by atoms with E-state index in [1.165, 1.54) is 7.11 Å². The highest BCUT2D eigenvalue weighted by molar-refractivity contribution is 5.87. The number of methoxy groups -OCH3 is 1. The van der Waals surface area contributed by atoms with Gasteiger partial charge in [0.05, 0.1) is 13.0 Å². The number of rotatable bonds is 2. The van der Waals surface area contributed by atoms with Crippen molar-refractivity contribution in [1.29, 1.82) is 0 Å². The fourth-order valence-corrected chi connectivity index (χ4v) is 1.35. The second-order valence-electron chi connectivity index (χ2n) is 2.84. The number of esters is 1. The van der Waals surface area contributed by atoms with Gasteiger partial charge in [-0.3, -0.25) is 9.59 Å². The summed E-state index contributed by atoms with van der Waals surface area (Å²) in [5.74, 6) is -1.85. The van der Waals surface area contributed by atoms with Crippen LogP contribution in [0.15, 0.2) is 5.11 Å². The summed E-state index contributed by atoms with van der Waals surface area (Å²) in [6.45, 7) is 0. The lowest BCUT2D eigenvalue weighted by Crippen LogP contribution is -2.38. The highest BCUT2D eigenvalue weighted by atomic mass is 16.5.